The van der Waals surface area contributed by atoms with Crippen molar-refractivity contribution in [1.82, 2.24) is 5.32 Å². The highest BCUT2D eigenvalue weighted by molar-refractivity contribution is 9.10. The van der Waals surface area contributed by atoms with Crippen LogP contribution in [0.4, 0.5) is 0 Å². The summed E-state index contributed by atoms with van der Waals surface area (Å²) in [6.45, 7) is 7.26. The Hall–Kier alpha value is -1.13. The zero-order valence-electron chi connectivity index (χ0n) is 10.5. The lowest BCUT2D eigenvalue weighted by atomic mass is 10.1. The highest BCUT2D eigenvalue weighted by Gasteiger charge is 2.05. The Morgan fingerprint density at radius 3 is 2.94 bits per heavy atom. The van der Waals surface area contributed by atoms with Gasteiger partial charge in [-0.2, -0.15) is 0 Å². The van der Waals surface area contributed by atoms with E-state index in [0.29, 0.717) is 25.3 Å². The van der Waals surface area contributed by atoms with Gasteiger partial charge in [-0.15, -0.1) is 6.58 Å². The monoisotopic (exact) mass is 311 g/mol. The zero-order chi connectivity index (χ0) is 13.4. The number of rotatable bonds is 7. The SMILES string of the molecule is C=CCCOCCNC(=O)c1ccc(Br)c(C)c1. The van der Waals surface area contributed by atoms with E-state index in [1.165, 1.54) is 0 Å². The topological polar surface area (TPSA) is 38.3 Å². The highest BCUT2D eigenvalue weighted by atomic mass is 79.9. The predicted molar refractivity (Wildman–Crippen MR) is 76.8 cm³/mol. The molecule has 3 nitrogen and oxygen atoms in total. The Labute approximate surface area is 116 Å². The number of hydrogen-bond acceptors (Lipinski definition) is 2. The molecule has 0 radical (unpaired) electrons. The molecule has 0 aliphatic rings. The first kappa shape index (κ1) is 14.9. The smallest absolute Gasteiger partial charge is 0.251 e. The third-order valence-electron chi connectivity index (χ3n) is 2.42. The van der Waals surface area contributed by atoms with Crippen molar-refractivity contribution in [3.05, 3.63) is 46.5 Å². The average Bonchev–Trinajstić information content (AvgIpc) is 2.36. The number of carbonyl (C=O) groups is 1. The first-order valence-electron chi connectivity index (χ1n) is 5.88. The van der Waals surface area contributed by atoms with Crippen LogP contribution in [0.15, 0.2) is 35.3 Å². The number of ether oxygens (including phenoxy) is 1. The fourth-order valence-electron chi connectivity index (χ4n) is 1.39. The van der Waals surface area contributed by atoms with Gasteiger partial charge in [0, 0.05) is 16.6 Å². The van der Waals surface area contributed by atoms with E-state index in [0.717, 1.165) is 16.5 Å². The summed E-state index contributed by atoms with van der Waals surface area (Å²) >= 11 is 3.41. The standard InChI is InChI=1S/C14H18BrNO2/c1-3-4-8-18-9-7-16-14(17)12-5-6-13(15)11(2)10-12/h3,5-6,10H,1,4,7-9H2,2H3,(H,16,17). The Morgan fingerprint density at radius 1 is 1.50 bits per heavy atom. The van der Waals surface area contributed by atoms with Crippen LogP contribution >= 0.6 is 15.9 Å². The van der Waals surface area contributed by atoms with Crippen molar-refractivity contribution < 1.29 is 9.53 Å². The Morgan fingerprint density at radius 2 is 2.28 bits per heavy atom. The van der Waals surface area contributed by atoms with Gasteiger partial charge in [0.1, 0.15) is 0 Å². The molecule has 0 heterocycles. The Bertz CT molecular complexity index is 418. The van der Waals surface area contributed by atoms with Crippen LogP contribution in [0.2, 0.25) is 0 Å². The summed E-state index contributed by atoms with van der Waals surface area (Å²) in [6, 6.07) is 5.54. The summed E-state index contributed by atoms with van der Waals surface area (Å²) < 4.78 is 6.32. The van der Waals surface area contributed by atoms with E-state index in [4.69, 9.17) is 4.74 Å². The van der Waals surface area contributed by atoms with Crippen LogP contribution in [0, 0.1) is 6.92 Å². The summed E-state index contributed by atoms with van der Waals surface area (Å²) in [6.07, 6.45) is 2.64. The highest BCUT2D eigenvalue weighted by Crippen LogP contribution is 2.16. The molecule has 1 N–H and O–H groups in total. The molecular formula is C14H18BrNO2. The van der Waals surface area contributed by atoms with Gasteiger partial charge in [-0.25, -0.2) is 0 Å². The van der Waals surface area contributed by atoms with Crippen molar-refractivity contribution in [3.8, 4) is 0 Å². The van der Waals surface area contributed by atoms with E-state index in [1.54, 1.807) is 6.07 Å². The molecule has 1 rings (SSSR count). The molecule has 0 aromatic heterocycles. The van der Waals surface area contributed by atoms with Crippen molar-refractivity contribution in [1.29, 1.82) is 0 Å². The predicted octanol–water partition coefficient (Wildman–Crippen LogP) is 3.08. The van der Waals surface area contributed by atoms with Gasteiger partial charge >= 0.3 is 0 Å². The number of nitrogens with one attached hydrogen (secondary N) is 1. The van der Waals surface area contributed by atoms with Crippen molar-refractivity contribution in [2.75, 3.05) is 19.8 Å². The third kappa shape index (κ3) is 5.02. The minimum Gasteiger partial charge on any atom is -0.379 e. The molecule has 0 saturated heterocycles. The van der Waals surface area contributed by atoms with Gasteiger partial charge in [0.25, 0.3) is 5.91 Å². The summed E-state index contributed by atoms with van der Waals surface area (Å²) in [5.41, 5.74) is 1.71. The summed E-state index contributed by atoms with van der Waals surface area (Å²) in [5, 5.41) is 2.82. The van der Waals surface area contributed by atoms with Gasteiger partial charge in [-0.05, 0) is 37.1 Å². The van der Waals surface area contributed by atoms with E-state index in [2.05, 4.69) is 27.8 Å². The second-order valence-electron chi connectivity index (χ2n) is 3.91. The molecular weight excluding hydrogens is 294 g/mol. The van der Waals surface area contributed by atoms with Crippen LogP contribution in [0.25, 0.3) is 0 Å². The fourth-order valence-corrected chi connectivity index (χ4v) is 1.64. The van der Waals surface area contributed by atoms with Crippen LogP contribution < -0.4 is 5.32 Å². The van der Waals surface area contributed by atoms with Gasteiger partial charge in [-0.1, -0.05) is 22.0 Å². The Balaban J connectivity index is 2.32. The van der Waals surface area contributed by atoms with E-state index >= 15 is 0 Å². The van der Waals surface area contributed by atoms with Gasteiger partial charge < -0.3 is 10.1 Å². The molecule has 0 bridgehead atoms. The molecule has 18 heavy (non-hydrogen) atoms. The molecule has 0 fully saturated rings. The minimum absolute atomic E-state index is 0.0714. The summed E-state index contributed by atoms with van der Waals surface area (Å²) in [7, 11) is 0. The third-order valence-corrected chi connectivity index (χ3v) is 3.31. The largest absolute Gasteiger partial charge is 0.379 e. The van der Waals surface area contributed by atoms with E-state index in [1.807, 2.05) is 25.1 Å². The van der Waals surface area contributed by atoms with Gasteiger partial charge in [0.15, 0.2) is 0 Å². The number of benzene rings is 1. The molecule has 0 saturated carbocycles. The number of halogens is 1. The van der Waals surface area contributed by atoms with Crippen LogP contribution in [-0.4, -0.2) is 25.7 Å². The molecule has 4 heteroatoms. The average molecular weight is 312 g/mol. The molecule has 1 aromatic carbocycles. The lowest BCUT2D eigenvalue weighted by Gasteiger charge is -2.07. The normalized spacial score (nSPS) is 10.1. The van der Waals surface area contributed by atoms with Crippen molar-refractivity contribution in [2.45, 2.75) is 13.3 Å². The number of aryl methyl sites for hydroxylation is 1. The molecule has 98 valence electrons. The first-order chi connectivity index (χ1) is 8.65. The van der Waals surface area contributed by atoms with Crippen LogP contribution in [-0.2, 0) is 4.74 Å². The fraction of sp³-hybridized carbons (Fsp3) is 0.357. The van der Waals surface area contributed by atoms with Gasteiger partial charge in [-0.3, -0.25) is 4.79 Å². The lowest BCUT2D eigenvalue weighted by molar-refractivity contribution is 0.0918. The minimum atomic E-state index is -0.0714. The lowest BCUT2D eigenvalue weighted by Crippen LogP contribution is -2.27. The second-order valence-corrected chi connectivity index (χ2v) is 4.76. The van der Waals surface area contributed by atoms with E-state index in [-0.39, 0.29) is 5.91 Å². The van der Waals surface area contributed by atoms with Crippen LogP contribution in [0.5, 0.6) is 0 Å². The summed E-state index contributed by atoms with van der Waals surface area (Å²) in [4.78, 5) is 11.8. The first-order valence-corrected chi connectivity index (χ1v) is 6.67. The van der Waals surface area contributed by atoms with Crippen LogP contribution in [0.3, 0.4) is 0 Å². The number of hydrogen-bond donors (Lipinski definition) is 1. The van der Waals surface area contributed by atoms with E-state index in [9.17, 15) is 4.79 Å². The quantitative estimate of drug-likeness (QED) is 0.621. The zero-order valence-corrected chi connectivity index (χ0v) is 12.1. The molecule has 1 amide bonds. The van der Waals surface area contributed by atoms with Crippen molar-refractivity contribution in [3.63, 3.8) is 0 Å². The van der Waals surface area contributed by atoms with E-state index < -0.39 is 0 Å². The van der Waals surface area contributed by atoms with Crippen molar-refractivity contribution in [2.24, 2.45) is 0 Å². The van der Waals surface area contributed by atoms with Gasteiger partial charge in [0.2, 0.25) is 0 Å². The summed E-state index contributed by atoms with van der Waals surface area (Å²) in [5.74, 6) is -0.0714. The molecule has 0 unspecified atom stereocenters. The maximum absolute atomic E-state index is 11.8. The molecule has 0 atom stereocenters. The van der Waals surface area contributed by atoms with Crippen LogP contribution in [0.1, 0.15) is 22.3 Å². The molecule has 0 spiro atoms. The molecule has 0 aliphatic carbocycles. The Kier molecular flexibility index (Phi) is 6.68. The molecule has 0 aliphatic heterocycles. The molecule has 1 aromatic rings. The maximum Gasteiger partial charge on any atom is 0.251 e. The number of amides is 1. The van der Waals surface area contributed by atoms with Crippen molar-refractivity contribution >= 4 is 21.8 Å². The second kappa shape index (κ2) is 8.06. The maximum atomic E-state index is 11.8. The van der Waals surface area contributed by atoms with Gasteiger partial charge in [0.05, 0.1) is 13.2 Å². The number of carbonyl (C=O) groups excluding carboxylic acids is 1.